The molecule has 3 nitrogen and oxygen atoms in total. The molecule has 2 aliphatic rings. The third-order valence-electron chi connectivity index (χ3n) is 4.72. The summed E-state index contributed by atoms with van der Waals surface area (Å²) < 4.78 is 0. The van der Waals surface area contributed by atoms with E-state index in [2.05, 4.69) is 21.8 Å². The van der Waals surface area contributed by atoms with Crippen LogP contribution in [0.1, 0.15) is 43.0 Å². The van der Waals surface area contributed by atoms with E-state index in [9.17, 15) is 0 Å². The fourth-order valence-corrected chi connectivity index (χ4v) is 4.79. The van der Waals surface area contributed by atoms with Crippen molar-refractivity contribution in [2.45, 2.75) is 45.4 Å². The van der Waals surface area contributed by atoms with Crippen molar-refractivity contribution in [3.05, 3.63) is 16.8 Å². The van der Waals surface area contributed by atoms with Gasteiger partial charge in [0.15, 0.2) is 0 Å². The summed E-state index contributed by atoms with van der Waals surface area (Å²) in [5.41, 5.74) is 1.56. The summed E-state index contributed by atoms with van der Waals surface area (Å²) in [4.78, 5) is 14.5. The van der Waals surface area contributed by atoms with Crippen LogP contribution in [0.3, 0.4) is 0 Å². The van der Waals surface area contributed by atoms with Crippen LogP contribution in [0.15, 0.2) is 6.33 Å². The average molecular weight is 287 g/mol. The molecule has 2 aromatic heterocycles. The minimum atomic E-state index is 0.801. The molecule has 0 bridgehead atoms. The highest BCUT2D eigenvalue weighted by atomic mass is 32.1. The van der Waals surface area contributed by atoms with E-state index in [4.69, 9.17) is 0 Å². The lowest BCUT2D eigenvalue weighted by Gasteiger charge is -2.28. The van der Waals surface area contributed by atoms with Gasteiger partial charge in [-0.05, 0) is 50.0 Å². The van der Waals surface area contributed by atoms with Crippen LogP contribution in [0.4, 0.5) is 5.82 Å². The van der Waals surface area contributed by atoms with E-state index in [1.165, 1.54) is 54.6 Å². The molecule has 1 atom stereocenters. The molecule has 1 fully saturated rings. The first-order valence-corrected chi connectivity index (χ1v) is 8.65. The molecular formula is C16H21N3S. The molecule has 1 unspecified atom stereocenters. The molecule has 0 radical (unpaired) electrons. The molecule has 4 heteroatoms. The quantitative estimate of drug-likeness (QED) is 0.798. The Morgan fingerprint density at radius 1 is 1.20 bits per heavy atom. The molecule has 0 saturated carbocycles. The zero-order valence-electron chi connectivity index (χ0n) is 12.1. The predicted octanol–water partition coefficient (Wildman–Crippen LogP) is 3.81. The number of aryl methyl sites for hydroxylation is 1. The Hall–Kier alpha value is -1.16. The van der Waals surface area contributed by atoms with Crippen molar-refractivity contribution in [1.29, 1.82) is 0 Å². The maximum atomic E-state index is 4.66. The fraction of sp³-hybridized carbons (Fsp3) is 0.625. The van der Waals surface area contributed by atoms with E-state index >= 15 is 0 Å². The summed E-state index contributed by atoms with van der Waals surface area (Å²) in [6.45, 7) is 4.69. The van der Waals surface area contributed by atoms with E-state index in [1.54, 1.807) is 16.8 Å². The lowest BCUT2D eigenvalue weighted by Crippen LogP contribution is -2.30. The lowest BCUT2D eigenvalue weighted by atomic mass is 9.88. The summed E-state index contributed by atoms with van der Waals surface area (Å²) in [6.07, 6.45) is 9.50. The zero-order chi connectivity index (χ0) is 13.5. The molecule has 3 heterocycles. The molecule has 0 aromatic carbocycles. The Morgan fingerprint density at radius 2 is 2.05 bits per heavy atom. The van der Waals surface area contributed by atoms with Crippen molar-refractivity contribution in [2.75, 3.05) is 18.0 Å². The van der Waals surface area contributed by atoms with E-state index < -0.39 is 0 Å². The van der Waals surface area contributed by atoms with Crippen LogP contribution in [0.2, 0.25) is 0 Å². The molecule has 1 saturated heterocycles. The number of piperidine rings is 1. The van der Waals surface area contributed by atoms with Gasteiger partial charge in [-0.1, -0.05) is 6.92 Å². The molecule has 0 N–H and O–H groups in total. The van der Waals surface area contributed by atoms with Crippen molar-refractivity contribution in [2.24, 2.45) is 5.92 Å². The van der Waals surface area contributed by atoms with Gasteiger partial charge in [0.05, 0.1) is 5.39 Å². The van der Waals surface area contributed by atoms with E-state index in [0.717, 1.165) is 19.0 Å². The largest absolute Gasteiger partial charge is 0.356 e. The zero-order valence-corrected chi connectivity index (χ0v) is 12.9. The second-order valence-electron chi connectivity index (χ2n) is 6.28. The first-order chi connectivity index (χ1) is 9.83. The van der Waals surface area contributed by atoms with Crippen LogP contribution in [0.5, 0.6) is 0 Å². The Kier molecular flexibility index (Phi) is 3.14. The van der Waals surface area contributed by atoms with Gasteiger partial charge >= 0.3 is 0 Å². The summed E-state index contributed by atoms with van der Waals surface area (Å²) in [5.74, 6) is 2.01. The molecule has 2 aromatic rings. The molecule has 1 aliphatic carbocycles. The van der Waals surface area contributed by atoms with E-state index in [-0.39, 0.29) is 0 Å². The monoisotopic (exact) mass is 287 g/mol. The van der Waals surface area contributed by atoms with Crippen LogP contribution >= 0.6 is 11.3 Å². The molecule has 1 aliphatic heterocycles. The Labute approximate surface area is 124 Å². The van der Waals surface area contributed by atoms with Crippen LogP contribution in [-0.2, 0) is 12.8 Å². The predicted molar refractivity (Wildman–Crippen MR) is 84.7 cm³/mol. The Morgan fingerprint density at radius 3 is 2.90 bits per heavy atom. The first-order valence-electron chi connectivity index (χ1n) is 7.83. The minimum Gasteiger partial charge on any atom is -0.356 e. The second kappa shape index (κ2) is 4.99. The molecule has 106 valence electrons. The van der Waals surface area contributed by atoms with Gasteiger partial charge in [0.2, 0.25) is 0 Å². The van der Waals surface area contributed by atoms with Crippen molar-refractivity contribution >= 4 is 27.4 Å². The molecule has 0 amide bonds. The van der Waals surface area contributed by atoms with Gasteiger partial charge in [-0.25, -0.2) is 9.97 Å². The fourth-order valence-electron chi connectivity index (χ4n) is 3.61. The smallest absolute Gasteiger partial charge is 0.141 e. The van der Waals surface area contributed by atoms with Crippen LogP contribution in [0, 0.1) is 5.92 Å². The SMILES string of the molecule is CC1CCc2sc3ncnc(N4CCCCC4)c3c2C1. The molecule has 20 heavy (non-hydrogen) atoms. The number of nitrogens with zero attached hydrogens (tertiary/aromatic N) is 3. The highest BCUT2D eigenvalue weighted by Gasteiger charge is 2.25. The Bertz CT molecular complexity index is 628. The first kappa shape index (κ1) is 12.6. The lowest BCUT2D eigenvalue weighted by molar-refractivity contribution is 0.508. The number of anilines is 1. The van der Waals surface area contributed by atoms with Crippen molar-refractivity contribution in [3.63, 3.8) is 0 Å². The van der Waals surface area contributed by atoms with E-state index in [1.807, 2.05) is 11.3 Å². The number of thiophene rings is 1. The van der Waals surface area contributed by atoms with Crippen LogP contribution in [0.25, 0.3) is 10.2 Å². The number of rotatable bonds is 1. The third-order valence-corrected chi connectivity index (χ3v) is 5.92. The maximum absolute atomic E-state index is 4.66. The van der Waals surface area contributed by atoms with Gasteiger partial charge in [0.1, 0.15) is 17.0 Å². The maximum Gasteiger partial charge on any atom is 0.141 e. The highest BCUT2D eigenvalue weighted by molar-refractivity contribution is 7.19. The Balaban J connectivity index is 1.86. The number of fused-ring (bicyclic) bond motifs is 3. The normalized spacial score (nSPS) is 23.1. The summed E-state index contributed by atoms with van der Waals surface area (Å²) in [6, 6.07) is 0. The minimum absolute atomic E-state index is 0.801. The second-order valence-corrected chi connectivity index (χ2v) is 7.36. The van der Waals surface area contributed by atoms with Gasteiger partial charge < -0.3 is 4.90 Å². The van der Waals surface area contributed by atoms with Gasteiger partial charge in [0, 0.05) is 18.0 Å². The van der Waals surface area contributed by atoms with Gasteiger partial charge in [0.25, 0.3) is 0 Å². The van der Waals surface area contributed by atoms with E-state index in [0.29, 0.717) is 0 Å². The average Bonchev–Trinajstić information content (AvgIpc) is 2.86. The van der Waals surface area contributed by atoms with Crippen molar-refractivity contribution in [1.82, 2.24) is 9.97 Å². The third kappa shape index (κ3) is 2.01. The molecular weight excluding hydrogens is 266 g/mol. The standard InChI is InChI=1S/C16H21N3S/c1-11-5-6-13-12(9-11)14-15(17-10-18-16(14)20-13)19-7-3-2-4-8-19/h10-11H,2-9H2,1H3. The summed E-state index contributed by atoms with van der Waals surface area (Å²) in [7, 11) is 0. The number of aromatic nitrogens is 2. The van der Waals surface area contributed by atoms with Crippen LogP contribution < -0.4 is 4.90 Å². The van der Waals surface area contributed by atoms with Crippen molar-refractivity contribution < 1.29 is 0 Å². The van der Waals surface area contributed by atoms with Crippen molar-refractivity contribution in [3.8, 4) is 0 Å². The number of hydrogen-bond acceptors (Lipinski definition) is 4. The molecule has 0 spiro atoms. The van der Waals surface area contributed by atoms with Gasteiger partial charge in [-0.2, -0.15) is 0 Å². The molecule has 4 rings (SSSR count). The topological polar surface area (TPSA) is 29.0 Å². The van der Waals surface area contributed by atoms with Gasteiger partial charge in [-0.15, -0.1) is 11.3 Å². The highest BCUT2D eigenvalue weighted by Crippen LogP contribution is 2.40. The summed E-state index contributed by atoms with van der Waals surface area (Å²) in [5, 5.41) is 1.38. The van der Waals surface area contributed by atoms with Gasteiger partial charge in [-0.3, -0.25) is 0 Å². The number of hydrogen-bond donors (Lipinski definition) is 0. The summed E-state index contributed by atoms with van der Waals surface area (Å²) >= 11 is 1.90. The van der Waals surface area contributed by atoms with Crippen LogP contribution in [-0.4, -0.2) is 23.1 Å².